The normalized spacial score (nSPS) is 23.2. The van der Waals surface area contributed by atoms with E-state index in [-0.39, 0.29) is 35.2 Å². The first-order valence-electron chi connectivity index (χ1n) is 8.01. The van der Waals surface area contributed by atoms with Crippen molar-refractivity contribution in [3.63, 3.8) is 0 Å². The van der Waals surface area contributed by atoms with E-state index in [9.17, 15) is 18.0 Å². The molecule has 0 radical (unpaired) electrons. The van der Waals surface area contributed by atoms with Crippen LogP contribution >= 0.6 is 12.4 Å². The number of nitrogens with one attached hydrogen (secondary N) is 2. The molecule has 1 saturated heterocycles. The van der Waals surface area contributed by atoms with Crippen LogP contribution in [0.4, 0.5) is 13.2 Å². The Morgan fingerprint density at radius 2 is 1.92 bits per heavy atom. The number of piperidine rings is 1. The Morgan fingerprint density at radius 1 is 1.29 bits per heavy atom. The molecular weight excluding hydrogens is 341 g/mol. The standard InChI is InChI=1S/C17H21F3N2O.ClH/c1-11(12-4-2-3-5-13(12)17(18,19)20)22-15(23)14-10-16(14)6-8-21-9-7-16;/h2-5,11,14,21H,6-10H2,1H3,(H,22,23);1H. The number of carbonyl (C=O) groups excluding carboxylic acids is 1. The van der Waals surface area contributed by atoms with Crippen LogP contribution in [-0.2, 0) is 11.0 Å². The maximum atomic E-state index is 13.1. The minimum Gasteiger partial charge on any atom is -0.349 e. The van der Waals surface area contributed by atoms with E-state index in [0.717, 1.165) is 38.4 Å². The van der Waals surface area contributed by atoms with Crippen LogP contribution < -0.4 is 10.6 Å². The van der Waals surface area contributed by atoms with E-state index in [4.69, 9.17) is 0 Å². The molecule has 2 aliphatic rings. The second-order valence-electron chi connectivity index (χ2n) is 6.68. The molecule has 1 heterocycles. The molecule has 2 fully saturated rings. The molecule has 1 aromatic rings. The minimum atomic E-state index is -4.41. The van der Waals surface area contributed by atoms with Crippen LogP contribution in [-0.4, -0.2) is 19.0 Å². The number of rotatable bonds is 3. The third-order valence-electron chi connectivity index (χ3n) is 5.20. The second kappa shape index (κ2) is 6.92. The third-order valence-corrected chi connectivity index (χ3v) is 5.20. The fourth-order valence-electron chi connectivity index (χ4n) is 3.72. The maximum Gasteiger partial charge on any atom is 0.416 e. The van der Waals surface area contributed by atoms with Gasteiger partial charge in [0, 0.05) is 5.92 Å². The molecule has 7 heteroatoms. The summed E-state index contributed by atoms with van der Waals surface area (Å²) in [7, 11) is 0. The van der Waals surface area contributed by atoms with Crippen LogP contribution in [0.2, 0.25) is 0 Å². The molecule has 2 N–H and O–H groups in total. The van der Waals surface area contributed by atoms with E-state index in [1.165, 1.54) is 12.1 Å². The molecule has 1 saturated carbocycles. The molecule has 0 aromatic heterocycles. The smallest absolute Gasteiger partial charge is 0.349 e. The average molecular weight is 363 g/mol. The molecule has 3 nitrogen and oxygen atoms in total. The van der Waals surface area contributed by atoms with E-state index in [1.807, 2.05) is 0 Å². The lowest BCUT2D eigenvalue weighted by atomic mass is 9.91. The zero-order chi connectivity index (χ0) is 16.7. The van der Waals surface area contributed by atoms with Crippen molar-refractivity contribution in [3.8, 4) is 0 Å². The lowest BCUT2D eigenvalue weighted by molar-refractivity contribution is -0.138. The molecule has 2 atom stereocenters. The van der Waals surface area contributed by atoms with Gasteiger partial charge in [0.05, 0.1) is 11.6 Å². The van der Waals surface area contributed by atoms with E-state index in [0.29, 0.717) is 0 Å². The summed E-state index contributed by atoms with van der Waals surface area (Å²) in [6, 6.07) is 4.77. The van der Waals surface area contributed by atoms with Gasteiger partial charge in [0.15, 0.2) is 0 Å². The van der Waals surface area contributed by atoms with Crippen LogP contribution in [0.1, 0.15) is 43.4 Å². The summed E-state index contributed by atoms with van der Waals surface area (Å²) in [5.41, 5.74) is -0.480. The molecule has 24 heavy (non-hydrogen) atoms. The average Bonchev–Trinajstić information content (AvgIpc) is 3.20. The fourth-order valence-corrected chi connectivity index (χ4v) is 3.72. The molecular formula is C17H22ClF3N2O. The first-order valence-corrected chi connectivity index (χ1v) is 8.01. The van der Waals surface area contributed by atoms with Crippen LogP contribution in [0.3, 0.4) is 0 Å². The van der Waals surface area contributed by atoms with Gasteiger partial charge in [-0.05, 0) is 56.3 Å². The Labute approximate surface area is 145 Å². The summed E-state index contributed by atoms with van der Waals surface area (Å²) in [5.74, 6) is -0.165. The van der Waals surface area contributed by atoms with E-state index >= 15 is 0 Å². The quantitative estimate of drug-likeness (QED) is 0.861. The van der Waals surface area contributed by atoms with Crippen molar-refractivity contribution in [2.45, 2.75) is 38.4 Å². The highest BCUT2D eigenvalue weighted by atomic mass is 35.5. The van der Waals surface area contributed by atoms with Gasteiger partial charge in [0.1, 0.15) is 0 Å². The van der Waals surface area contributed by atoms with Gasteiger partial charge in [0.25, 0.3) is 0 Å². The number of halogens is 4. The SMILES string of the molecule is CC(NC(=O)C1CC12CCNCC2)c1ccccc1C(F)(F)F.Cl. The zero-order valence-electron chi connectivity index (χ0n) is 13.5. The topological polar surface area (TPSA) is 41.1 Å². The second-order valence-corrected chi connectivity index (χ2v) is 6.68. The Morgan fingerprint density at radius 3 is 2.54 bits per heavy atom. The zero-order valence-corrected chi connectivity index (χ0v) is 14.3. The van der Waals surface area contributed by atoms with Gasteiger partial charge in [-0.25, -0.2) is 0 Å². The maximum absolute atomic E-state index is 13.1. The number of benzene rings is 1. The largest absolute Gasteiger partial charge is 0.416 e. The summed E-state index contributed by atoms with van der Waals surface area (Å²) in [6.07, 6.45) is -1.61. The predicted molar refractivity (Wildman–Crippen MR) is 87.9 cm³/mol. The van der Waals surface area contributed by atoms with Gasteiger partial charge in [-0.15, -0.1) is 12.4 Å². The number of alkyl halides is 3. The van der Waals surface area contributed by atoms with E-state index in [1.54, 1.807) is 13.0 Å². The van der Waals surface area contributed by atoms with Crippen molar-refractivity contribution >= 4 is 18.3 Å². The third kappa shape index (κ3) is 3.70. The van der Waals surface area contributed by atoms with Crippen molar-refractivity contribution in [1.29, 1.82) is 0 Å². The van der Waals surface area contributed by atoms with Gasteiger partial charge < -0.3 is 10.6 Å². The van der Waals surface area contributed by atoms with Gasteiger partial charge in [-0.2, -0.15) is 13.2 Å². The first kappa shape index (κ1) is 19.1. The molecule has 1 aromatic carbocycles. The van der Waals surface area contributed by atoms with Gasteiger partial charge in [-0.1, -0.05) is 18.2 Å². The summed E-state index contributed by atoms with van der Waals surface area (Å²) >= 11 is 0. The van der Waals surface area contributed by atoms with Gasteiger partial charge >= 0.3 is 6.18 Å². The molecule has 2 unspecified atom stereocenters. The van der Waals surface area contributed by atoms with Crippen molar-refractivity contribution in [3.05, 3.63) is 35.4 Å². The lowest BCUT2D eigenvalue weighted by Crippen LogP contribution is -2.35. The molecule has 134 valence electrons. The summed E-state index contributed by atoms with van der Waals surface area (Å²) in [5, 5.41) is 6.06. The van der Waals surface area contributed by atoms with Crippen LogP contribution in [0.5, 0.6) is 0 Å². The first-order chi connectivity index (χ1) is 10.8. The highest BCUT2D eigenvalue weighted by Gasteiger charge is 2.57. The fraction of sp³-hybridized carbons (Fsp3) is 0.588. The monoisotopic (exact) mass is 362 g/mol. The van der Waals surface area contributed by atoms with Crippen molar-refractivity contribution in [2.75, 3.05) is 13.1 Å². The highest BCUT2D eigenvalue weighted by Crippen LogP contribution is 2.58. The minimum absolute atomic E-state index is 0. The van der Waals surface area contributed by atoms with Crippen LogP contribution in [0.15, 0.2) is 24.3 Å². The van der Waals surface area contributed by atoms with E-state index in [2.05, 4.69) is 10.6 Å². The number of hydrogen-bond donors (Lipinski definition) is 2. The predicted octanol–water partition coefficient (Wildman–Crippen LogP) is 3.69. The van der Waals surface area contributed by atoms with Gasteiger partial charge in [-0.3, -0.25) is 4.79 Å². The molecule has 3 rings (SSSR count). The van der Waals surface area contributed by atoms with Crippen molar-refractivity contribution in [2.24, 2.45) is 11.3 Å². The van der Waals surface area contributed by atoms with Crippen molar-refractivity contribution in [1.82, 2.24) is 10.6 Å². The Kier molecular flexibility index (Phi) is 5.50. The number of carbonyl (C=O) groups is 1. The number of hydrogen-bond acceptors (Lipinski definition) is 2. The summed E-state index contributed by atoms with van der Waals surface area (Å²) in [6.45, 7) is 3.44. The molecule has 1 aliphatic carbocycles. The summed E-state index contributed by atoms with van der Waals surface area (Å²) < 4.78 is 39.2. The molecule has 1 amide bonds. The highest BCUT2D eigenvalue weighted by molar-refractivity contribution is 5.85. The summed E-state index contributed by atoms with van der Waals surface area (Å²) in [4.78, 5) is 12.4. The van der Waals surface area contributed by atoms with Crippen LogP contribution in [0.25, 0.3) is 0 Å². The molecule has 1 aliphatic heterocycles. The number of amides is 1. The van der Waals surface area contributed by atoms with Crippen LogP contribution in [0, 0.1) is 11.3 Å². The molecule has 1 spiro atoms. The van der Waals surface area contributed by atoms with Gasteiger partial charge in [0.2, 0.25) is 5.91 Å². The Bertz CT molecular complexity index is 600. The Balaban J connectivity index is 0.00000208. The lowest BCUT2D eigenvalue weighted by Gasteiger charge is -2.24. The Hall–Kier alpha value is -1.27. The van der Waals surface area contributed by atoms with Crippen molar-refractivity contribution < 1.29 is 18.0 Å². The molecule has 0 bridgehead atoms. The van der Waals surface area contributed by atoms with E-state index < -0.39 is 17.8 Å².